The smallest absolute Gasteiger partial charge is 0.0434 e. The van der Waals surface area contributed by atoms with Crippen LogP contribution < -0.4 is 0 Å². The number of nitrogens with zero attached hydrogens (tertiary/aromatic N) is 1. The highest BCUT2D eigenvalue weighted by Crippen LogP contribution is 2.18. The van der Waals surface area contributed by atoms with Gasteiger partial charge in [-0.25, -0.2) is 0 Å². The summed E-state index contributed by atoms with van der Waals surface area (Å²) in [7, 11) is 0. The predicted molar refractivity (Wildman–Crippen MR) is 50.8 cm³/mol. The molecule has 0 aromatic carbocycles. The molecule has 1 N–H and O–H groups in total. The van der Waals surface area contributed by atoms with E-state index in [0.717, 1.165) is 25.3 Å². The van der Waals surface area contributed by atoms with E-state index >= 15 is 0 Å². The summed E-state index contributed by atoms with van der Waals surface area (Å²) in [5.41, 5.74) is 0. The van der Waals surface area contributed by atoms with Gasteiger partial charge in [0.2, 0.25) is 0 Å². The Kier molecular flexibility index (Phi) is 4.62. The van der Waals surface area contributed by atoms with Crippen molar-refractivity contribution in [2.24, 2.45) is 5.92 Å². The van der Waals surface area contributed by atoms with E-state index in [1.54, 1.807) is 0 Å². The van der Waals surface area contributed by atoms with E-state index in [-0.39, 0.29) is 0 Å². The predicted octanol–water partition coefficient (Wildman–Crippen LogP) is 1.30. The highest BCUT2D eigenvalue weighted by atomic mass is 16.3. The molecule has 0 saturated carbocycles. The molecule has 12 heavy (non-hydrogen) atoms. The zero-order valence-electron chi connectivity index (χ0n) is 7.84. The fraction of sp³-hybridized carbons (Fsp3) is 0.900. The number of aliphatic hydroxyl groups is 1. The van der Waals surface area contributed by atoms with Crippen LogP contribution in [0.3, 0.4) is 0 Å². The molecule has 71 valence electrons. The lowest BCUT2D eigenvalue weighted by Gasteiger charge is -2.32. The zero-order chi connectivity index (χ0) is 8.81. The topological polar surface area (TPSA) is 23.5 Å². The number of likely N-dealkylation sites (tertiary alicyclic amines) is 1. The van der Waals surface area contributed by atoms with Crippen molar-refractivity contribution in [3.8, 4) is 0 Å². The molecule has 1 atom stereocenters. The van der Waals surface area contributed by atoms with Gasteiger partial charge >= 0.3 is 0 Å². The number of hydrogen-bond acceptors (Lipinski definition) is 2. The summed E-state index contributed by atoms with van der Waals surface area (Å²) in [5.74, 6) is 0.732. The first-order valence-electron chi connectivity index (χ1n) is 4.99. The third-order valence-electron chi connectivity index (χ3n) is 2.61. The van der Waals surface area contributed by atoms with Gasteiger partial charge in [-0.05, 0) is 44.7 Å². The summed E-state index contributed by atoms with van der Waals surface area (Å²) < 4.78 is 0. The SMILES string of the molecule is [CH2]CCN1CCCC(CCO)C1. The van der Waals surface area contributed by atoms with Crippen molar-refractivity contribution in [3.63, 3.8) is 0 Å². The number of aliphatic hydroxyl groups excluding tert-OH is 1. The van der Waals surface area contributed by atoms with E-state index in [1.807, 2.05) is 0 Å². The zero-order valence-corrected chi connectivity index (χ0v) is 7.84. The van der Waals surface area contributed by atoms with E-state index in [2.05, 4.69) is 11.8 Å². The Labute approximate surface area is 75.6 Å². The summed E-state index contributed by atoms with van der Waals surface area (Å²) >= 11 is 0. The summed E-state index contributed by atoms with van der Waals surface area (Å²) in [6, 6.07) is 0. The highest BCUT2D eigenvalue weighted by Gasteiger charge is 2.18. The Morgan fingerprint density at radius 3 is 3.00 bits per heavy atom. The Balaban J connectivity index is 2.20. The standard InChI is InChI=1S/C10H20NO/c1-2-6-11-7-3-4-10(9-11)5-8-12/h10,12H,1-9H2. The maximum Gasteiger partial charge on any atom is 0.0434 e. The first kappa shape index (κ1) is 10.0. The van der Waals surface area contributed by atoms with E-state index in [9.17, 15) is 0 Å². The van der Waals surface area contributed by atoms with Gasteiger partial charge in [0.1, 0.15) is 0 Å². The molecule has 1 heterocycles. The van der Waals surface area contributed by atoms with Crippen LogP contribution in [0.25, 0.3) is 0 Å². The summed E-state index contributed by atoms with van der Waals surface area (Å²) in [6.45, 7) is 7.75. The molecule has 2 heteroatoms. The average molecular weight is 170 g/mol. The minimum Gasteiger partial charge on any atom is -0.396 e. The number of hydrogen-bond donors (Lipinski definition) is 1. The van der Waals surface area contributed by atoms with Gasteiger partial charge in [-0.1, -0.05) is 6.92 Å². The third-order valence-corrected chi connectivity index (χ3v) is 2.61. The van der Waals surface area contributed by atoms with Crippen LogP contribution in [0.2, 0.25) is 0 Å². The van der Waals surface area contributed by atoms with Gasteiger partial charge in [0.15, 0.2) is 0 Å². The van der Waals surface area contributed by atoms with Gasteiger partial charge in [0.25, 0.3) is 0 Å². The summed E-state index contributed by atoms with van der Waals surface area (Å²) in [6.07, 6.45) is 4.58. The molecule has 0 aromatic heterocycles. The van der Waals surface area contributed by atoms with Crippen molar-refractivity contribution >= 4 is 0 Å². The van der Waals surface area contributed by atoms with Gasteiger partial charge < -0.3 is 10.0 Å². The van der Waals surface area contributed by atoms with Gasteiger partial charge in [-0.3, -0.25) is 0 Å². The molecule has 2 nitrogen and oxygen atoms in total. The lowest BCUT2D eigenvalue weighted by Crippen LogP contribution is -2.36. The molecule has 1 rings (SSSR count). The first-order chi connectivity index (χ1) is 5.86. The molecule has 0 bridgehead atoms. The van der Waals surface area contributed by atoms with Gasteiger partial charge in [0.05, 0.1) is 0 Å². The summed E-state index contributed by atoms with van der Waals surface area (Å²) in [4.78, 5) is 2.47. The van der Waals surface area contributed by atoms with E-state index in [0.29, 0.717) is 6.61 Å². The number of rotatable bonds is 4. The molecule has 0 aromatic rings. The maximum absolute atomic E-state index is 8.80. The molecule has 1 saturated heterocycles. The van der Waals surface area contributed by atoms with E-state index in [1.165, 1.54) is 25.9 Å². The van der Waals surface area contributed by atoms with Crippen molar-refractivity contribution < 1.29 is 5.11 Å². The maximum atomic E-state index is 8.80. The second-order valence-corrected chi connectivity index (χ2v) is 3.67. The minimum atomic E-state index is 0.350. The van der Waals surface area contributed by atoms with Gasteiger partial charge in [-0.15, -0.1) is 0 Å². The van der Waals surface area contributed by atoms with Crippen LogP contribution in [0.4, 0.5) is 0 Å². The van der Waals surface area contributed by atoms with Gasteiger partial charge in [0, 0.05) is 13.2 Å². The molecule has 1 aliphatic heterocycles. The van der Waals surface area contributed by atoms with Crippen molar-refractivity contribution in [2.45, 2.75) is 25.7 Å². The van der Waals surface area contributed by atoms with Crippen LogP contribution in [0.5, 0.6) is 0 Å². The molecule has 0 spiro atoms. The first-order valence-corrected chi connectivity index (χ1v) is 4.99. The highest BCUT2D eigenvalue weighted by molar-refractivity contribution is 4.72. The van der Waals surface area contributed by atoms with Gasteiger partial charge in [-0.2, -0.15) is 0 Å². The third kappa shape index (κ3) is 3.11. The molecule has 1 fully saturated rings. The molecule has 1 radical (unpaired) electrons. The second kappa shape index (κ2) is 5.55. The molecule has 1 unspecified atom stereocenters. The fourth-order valence-corrected chi connectivity index (χ4v) is 2.00. The minimum absolute atomic E-state index is 0.350. The van der Waals surface area contributed by atoms with Crippen molar-refractivity contribution in [1.29, 1.82) is 0 Å². The summed E-state index contributed by atoms with van der Waals surface area (Å²) in [5, 5.41) is 8.80. The molecular weight excluding hydrogens is 150 g/mol. The Bertz CT molecular complexity index is 100. The van der Waals surface area contributed by atoms with Crippen molar-refractivity contribution in [1.82, 2.24) is 4.90 Å². The molecule has 0 amide bonds. The van der Waals surface area contributed by atoms with Crippen LogP contribution in [-0.2, 0) is 0 Å². The molecule has 1 aliphatic rings. The Morgan fingerprint density at radius 2 is 2.33 bits per heavy atom. The van der Waals surface area contributed by atoms with Crippen LogP contribution in [0.1, 0.15) is 25.7 Å². The van der Waals surface area contributed by atoms with E-state index < -0.39 is 0 Å². The Morgan fingerprint density at radius 1 is 1.50 bits per heavy atom. The number of piperidine rings is 1. The lowest BCUT2D eigenvalue weighted by atomic mass is 9.95. The quantitative estimate of drug-likeness (QED) is 0.687. The molecule has 0 aliphatic carbocycles. The van der Waals surface area contributed by atoms with Crippen LogP contribution >= 0.6 is 0 Å². The van der Waals surface area contributed by atoms with E-state index in [4.69, 9.17) is 5.11 Å². The second-order valence-electron chi connectivity index (χ2n) is 3.67. The monoisotopic (exact) mass is 170 g/mol. The van der Waals surface area contributed by atoms with Crippen molar-refractivity contribution in [2.75, 3.05) is 26.2 Å². The largest absolute Gasteiger partial charge is 0.396 e. The molecular formula is C10H20NO. The van der Waals surface area contributed by atoms with Crippen molar-refractivity contribution in [3.05, 3.63) is 6.92 Å². The lowest BCUT2D eigenvalue weighted by molar-refractivity contribution is 0.150. The Hall–Kier alpha value is -0.0800. The fourth-order valence-electron chi connectivity index (χ4n) is 2.00. The average Bonchev–Trinajstić information content (AvgIpc) is 2.06. The van der Waals surface area contributed by atoms with Crippen LogP contribution in [0.15, 0.2) is 0 Å². The van der Waals surface area contributed by atoms with Crippen LogP contribution in [-0.4, -0.2) is 36.2 Å². The normalized spacial score (nSPS) is 26.0. The van der Waals surface area contributed by atoms with Crippen LogP contribution in [0, 0.1) is 12.8 Å².